The highest BCUT2D eigenvalue weighted by Gasteiger charge is 2.50. The Kier molecular flexibility index (Phi) is 7.07. The third-order valence-corrected chi connectivity index (χ3v) is 9.45. The van der Waals surface area contributed by atoms with Crippen molar-refractivity contribution in [2.75, 3.05) is 16.4 Å². The second-order valence-electron chi connectivity index (χ2n) is 8.45. The zero-order valence-corrected chi connectivity index (χ0v) is 21.2. The fraction of sp³-hybridized carbons (Fsp3) is 0.417. The maximum absolute atomic E-state index is 12.9. The maximum Gasteiger partial charge on any atom is 0.251 e. The van der Waals surface area contributed by atoms with E-state index in [9.17, 15) is 13.2 Å². The lowest BCUT2D eigenvalue weighted by Gasteiger charge is -2.27. The molecule has 0 aromatic heterocycles. The third kappa shape index (κ3) is 5.23. The van der Waals surface area contributed by atoms with Crippen LogP contribution in [0.5, 0.6) is 11.5 Å². The van der Waals surface area contributed by atoms with E-state index < -0.39 is 9.84 Å². The molecule has 0 bridgehead atoms. The molecule has 2 atom stereocenters. The van der Waals surface area contributed by atoms with Gasteiger partial charge >= 0.3 is 0 Å². The summed E-state index contributed by atoms with van der Waals surface area (Å²) in [5.74, 6) is 0.904. The van der Waals surface area contributed by atoms with Crippen molar-refractivity contribution in [3.05, 3.63) is 53.1 Å². The summed E-state index contributed by atoms with van der Waals surface area (Å²) in [7, 11) is -3.19. The van der Waals surface area contributed by atoms with Gasteiger partial charge in [-0.05, 0) is 55.7 Å². The predicted octanol–water partition coefficient (Wildman–Crippen LogP) is 5.48. The Hall–Kier alpha value is -2.03. The molecule has 1 amide bonds. The summed E-state index contributed by atoms with van der Waals surface area (Å²) in [5.41, 5.74) is 1.66. The van der Waals surface area contributed by atoms with Crippen LogP contribution >= 0.6 is 23.4 Å². The molecule has 2 aliphatic rings. The number of carbonyl (C=O) groups excluding carboxylic acids is 1. The minimum atomic E-state index is -3.19. The van der Waals surface area contributed by atoms with Crippen molar-refractivity contribution in [2.24, 2.45) is 10.9 Å². The van der Waals surface area contributed by atoms with E-state index in [1.54, 1.807) is 18.2 Å². The largest absolute Gasteiger partial charge is 0.455 e. The highest BCUT2D eigenvalue weighted by molar-refractivity contribution is 8.16. The minimum absolute atomic E-state index is 0.000734. The van der Waals surface area contributed by atoms with Gasteiger partial charge in [-0.2, -0.15) is 4.99 Å². The average molecular weight is 507 g/mol. The number of amides is 1. The molecule has 2 unspecified atom stereocenters. The number of amidine groups is 1. The number of anilines is 1. The zero-order valence-electron chi connectivity index (χ0n) is 18.8. The van der Waals surface area contributed by atoms with Crippen LogP contribution in [-0.4, -0.2) is 42.3 Å². The van der Waals surface area contributed by atoms with Gasteiger partial charge < -0.3 is 9.64 Å². The Morgan fingerprint density at radius 3 is 2.67 bits per heavy atom. The lowest BCUT2D eigenvalue weighted by Crippen LogP contribution is -2.38. The van der Waals surface area contributed by atoms with Crippen molar-refractivity contribution in [2.45, 2.75) is 44.9 Å². The monoisotopic (exact) mass is 506 g/mol. The molecule has 2 fully saturated rings. The molecule has 2 heterocycles. The number of ether oxygens (including phenoxy) is 1. The first-order valence-corrected chi connectivity index (χ1v) is 14.1. The molecule has 0 saturated carbocycles. The number of benzene rings is 2. The summed E-state index contributed by atoms with van der Waals surface area (Å²) in [5, 5.41) is 0.795. The van der Waals surface area contributed by atoms with Crippen molar-refractivity contribution in [3.8, 4) is 11.5 Å². The molecule has 0 radical (unpaired) electrons. The summed E-state index contributed by atoms with van der Waals surface area (Å²) in [4.78, 5) is 19.2. The molecule has 2 aromatic carbocycles. The number of aryl methyl sites for hydroxylation is 1. The van der Waals surface area contributed by atoms with Crippen LogP contribution < -0.4 is 9.64 Å². The number of carbonyl (C=O) groups is 1. The number of nitrogens with zero attached hydrogens (tertiary/aromatic N) is 2. The van der Waals surface area contributed by atoms with Gasteiger partial charge in [-0.15, -0.1) is 0 Å². The van der Waals surface area contributed by atoms with Gasteiger partial charge in [-0.1, -0.05) is 49.3 Å². The minimum Gasteiger partial charge on any atom is -0.455 e. The smallest absolute Gasteiger partial charge is 0.251 e. The van der Waals surface area contributed by atoms with E-state index in [1.807, 2.05) is 49.9 Å². The number of halogens is 1. The molecule has 33 heavy (non-hydrogen) atoms. The quantitative estimate of drug-likeness (QED) is 0.516. The van der Waals surface area contributed by atoms with Crippen LogP contribution in [-0.2, 0) is 14.6 Å². The SMILES string of the molecule is CCC(CC)C(=O)N=C1SC2CS(=O)(=O)CC2N1c1cc(Cl)ccc1Oc1cccc(C)c1. The summed E-state index contributed by atoms with van der Waals surface area (Å²) in [6.07, 6.45) is 1.41. The van der Waals surface area contributed by atoms with E-state index in [-0.39, 0.29) is 34.6 Å². The fourth-order valence-electron chi connectivity index (χ4n) is 4.24. The number of hydrogen-bond acceptors (Lipinski definition) is 5. The van der Waals surface area contributed by atoms with Crippen molar-refractivity contribution in [1.82, 2.24) is 0 Å². The Balaban J connectivity index is 1.79. The molecular formula is C24H27ClN2O4S2. The molecule has 9 heteroatoms. The van der Waals surface area contributed by atoms with Gasteiger partial charge in [-0.25, -0.2) is 8.42 Å². The normalized spacial score (nSPS) is 22.7. The predicted molar refractivity (Wildman–Crippen MR) is 136 cm³/mol. The first kappa shape index (κ1) is 24.1. The number of rotatable bonds is 6. The van der Waals surface area contributed by atoms with Crippen LogP contribution in [0.3, 0.4) is 0 Å². The van der Waals surface area contributed by atoms with Gasteiger partial charge in [0.05, 0.1) is 23.2 Å². The van der Waals surface area contributed by atoms with E-state index in [4.69, 9.17) is 16.3 Å². The highest BCUT2D eigenvalue weighted by atomic mass is 35.5. The topological polar surface area (TPSA) is 76.0 Å². The summed E-state index contributed by atoms with van der Waals surface area (Å²) < 4.78 is 31.1. The molecule has 4 rings (SSSR count). The van der Waals surface area contributed by atoms with Gasteiger partial charge in [0.25, 0.3) is 5.91 Å². The van der Waals surface area contributed by atoms with E-state index in [1.165, 1.54) is 11.8 Å². The molecule has 2 saturated heterocycles. The second-order valence-corrected chi connectivity index (χ2v) is 12.2. The van der Waals surface area contributed by atoms with E-state index in [2.05, 4.69) is 4.99 Å². The van der Waals surface area contributed by atoms with Gasteiger partial charge in [0.2, 0.25) is 0 Å². The molecule has 176 valence electrons. The Bertz CT molecular complexity index is 1190. The lowest BCUT2D eigenvalue weighted by atomic mass is 10.0. The molecule has 0 N–H and O–H groups in total. The lowest BCUT2D eigenvalue weighted by molar-refractivity contribution is -0.121. The van der Waals surface area contributed by atoms with E-state index in [0.717, 1.165) is 5.56 Å². The molecule has 0 aliphatic carbocycles. The van der Waals surface area contributed by atoms with Crippen molar-refractivity contribution >= 4 is 50.0 Å². The van der Waals surface area contributed by atoms with Crippen LogP contribution in [0.15, 0.2) is 47.5 Å². The van der Waals surface area contributed by atoms with Crippen molar-refractivity contribution in [1.29, 1.82) is 0 Å². The van der Waals surface area contributed by atoms with Gasteiger partial charge in [0, 0.05) is 16.2 Å². The molecule has 2 aromatic rings. The fourth-order valence-corrected chi connectivity index (χ4v) is 8.32. The van der Waals surface area contributed by atoms with Crippen LogP contribution in [0.25, 0.3) is 0 Å². The average Bonchev–Trinajstić information content (AvgIpc) is 3.21. The first-order chi connectivity index (χ1) is 15.7. The molecular weight excluding hydrogens is 480 g/mol. The molecule has 2 aliphatic heterocycles. The van der Waals surface area contributed by atoms with Crippen LogP contribution in [0.1, 0.15) is 32.3 Å². The summed E-state index contributed by atoms with van der Waals surface area (Å²) in [6.45, 7) is 5.92. The third-order valence-electron chi connectivity index (χ3n) is 6.01. The van der Waals surface area contributed by atoms with Gasteiger partial charge in [0.1, 0.15) is 5.75 Å². The molecule has 0 spiro atoms. The highest BCUT2D eigenvalue weighted by Crippen LogP contribution is 2.45. The second kappa shape index (κ2) is 9.68. The first-order valence-electron chi connectivity index (χ1n) is 11.0. The maximum atomic E-state index is 12.9. The number of hydrogen-bond donors (Lipinski definition) is 0. The molecule has 6 nitrogen and oxygen atoms in total. The van der Waals surface area contributed by atoms with Crippen LogP contribution in [0, 0.1) is 12.8 Å². The summed E-state index contributed by atoms with van der Waals surface area (Å²) >= 11 is 7.71. The summed E-state index contributed by atoms with van der Waals surface area (Å²) in [6, 6.07) is 12.6. The number of aliphatic imine (C=N–C) groups is 1. The van der Waals surface area contributed by atoms with E-state index >= 15 is 0 Å². The zero-order chi connectivity index (χ0) is 23.8. The number of fused-ring (bicyclic) bond motifs is 1. The standard InChI is InChI=1S/C24H27ClN2O4S2/c1-4-16(5-2)23(28)26-24-27(20-13-33(29,30)14-22(20)32-24)19-12-17(25)9-10-21(19)31-18-8-6-7-15(3)11-18/h6-12,16,20,22H,4-5,13-14H2,1-3H3. The Morgan fingerprint density at radius 2 is 1.97 bits per heavy atom. The van der Waals surface area contributed by atoms with Gasteiger partial charge in [-0.3, -0.25) is 4.79 Å². The van der Waals surface area contributed by atoms with Gasteiger partial charge in [0.15, 0.2) is 20.8 Å². The number of sulfone groups is 1. The van der Waals surface area contributed by atoms with E-state index in [0.29, 0.717) is 40.2 Å². The number of thioether (sulfide) groups is 1. The Labute approximate surface area is 204 Å². The van der Waals surface area contributed by atoms with Crippen molar-refractivity contribution in [3.63, 3.8) is 0 Å². The van der Waals surface area contributed by atoms with Crippen molar-refractivity contribution < 1.29 is 17.9 Å². The van der Waals surface area contributed by atoms with Crippen LogP contribution in [0.4, 0.5) is 5.69 Å². The van der Waals surface area contributed by atoms with Crippen LogP contribution in [0.2, 0.25) is 5.02 Å². The Morgan fingerprint density at radius 1 is 1.21 bits per heavy atom.